The number of nitrogens with zero attached hydrogens (tertiary/aromatic N) is 1. The summed E-state index contributed by atoms with van der Waals surface area (Å²) in [6, 6.07) is 0. The second-order valence-electron chi connectivity index (χ2n) is 21.4. The number of ether oxygens (including phenoxy) is 4. The highest BCUT2D eigenvalue weighted by Crippen LogP contribution is 2.67. The Labute approximate surface area is 353 Å². The fraction of sp³-hybridized carbons (Fsp3) is 0.896. The van der Waals surface area contributed by atoms with E-state index in [2.05, 4.69) is 51.3 Å². The summed E-state index contributed by atoms with van der Waals surface area (Å²) in [7, 11) is 0. The van der Waals surface area contributed by atoms with E-state index in [0.717, 1.165) is 67.6 Å². The minimum Gasteiger partial charge on any atom is -0.446 e. The Bertz CT molecular complexity index is 1350. The average molecular weight is 816 g/mol. The molecule has 0 bridgehead atoms. The summed E-state index contributed by atoms with van der Waals surface area (Å²) in [4.78, 5) is 39.7. The van der Waals surface area contributed by atoms with Crippen LogP contribution in [0.5, 0.6) is 0 Å². The van der Waals surface area contributed by atoms with Gasteiger partial charge in [0.05, 0.1) is 0 Å². The molecule has 334 valence electrons. The molecule has 10 nitrogen and oxygen atoms in total. The number of amides is 3. The van der Waals surface area contributed by atoms with Crippen LogP contribution in [0.25, 0.3) is 0 Å². The van der Waals surface area contributed by atoms with Crippen LogP contribution in [-0.2, 0) is 18.9 Å². The molecule has 3 fully saturated rings. The van der Waals surface area contributed by atoms with Crippen molar-refractivity contribution >= 4 is 18.3 Å². The number of carbonyl (C=O) groups excluding carboxylic acids is 3. The Kier molecular flexibility index (Phi) is 17.7. The molecule has 0 aromatic rings. The molecule has 0 saturated heterocycles. The Balaban J connectivity index is 1.27. The van der Waals surface area contributed by atoms with Gasteiger partial charge in [0.2, 0.25) is 0 Å². The van der Waals surface area contributed by atoms with Gasteiger partial charge in [0.1, 0.15) is 17.3 Å². The predicted octanol–water partition coefficient (Wildman–Crippen LogP) is 11.5. The maximum absolute atomic E-state index is 13.8. The third kappa shape index (κ3) is 14.0. The quantitative estimate of drug-likeness (QED) is 0.0758. The van der Waals surface area contributed by atoms with E-state index in [-0.39, 0.29) is 17.6 Å². The molecular weight excluding hydrogens is 731 g/mol. The summed E-state index contributed by atoms with van der Waals surface area (Å²) in [6.07, 6.45) is 17.9. The first-order valence-corrected chi connectivity index (χ1v) is 23.4. The van der Waals surface area contributed by atoms with Gasteiger partial charge in [-0.25, -0.2) is 14.4 Å². The summed E-state index contributed by atoms with van der Waals surface area (Å²) in [5, 5.41) is 5.58. The molecule has 10 heteroatoms. The molecular formula is C48H85N3O7. The van der Waals surface area contributed by atoms with Crippen LogP contribution in [0.15, 0.2) is 11.6 Å². The van der Waals surface area contributed by atoms with Crippen molar-refractivity contribution in [2.75, 3.05) is 39.4 Å². The van der Waals surface area contributed by atoms with Gasteiger partial charge in [-0.2, -0.15) is 0 Å². The van der Waals surface area contributed by atoms with Crippen molar-refractivity contribution in [2.45, 2.75) is 190 Å². The molecule has 0 aliphatic heterocycles. The van der Waals surface area contributed by atoms with E-state index in [1.54, 1.807) is 0 Å². The van der Waals surface area contributed by atoms with Gasteiger partial charge >= 0.3 is 18.3 Å². The van der Waals surface area contributed by atoms with Gasteiger partial charge in [-0.1, -0.05) is 65.5 Å². The highest BCUT2D eigenvalue weighted by atomic mass is 16.6. The van der Waals surface area contributed by atoms with Crippen LogP contribution in [0.1, 0.15) is 172 Å². The van der Waals surface area contributed by atoms with E-state index < -0.39 is 23.4 Å². The molecule has 0 aromatic carbocycles. The second kappa shape index (κ2) is 21.3. The molecule has 4 aliphatic rings. The van der Waals surface area contributed by atoms with Crippen LogP contribution >= 0.6 is 0 Å². The van der Waals surface area contributed by atoms with Gasteiger partial charge in [0.15, 0.2) is 0 Å². The summed E-state index contributed by atoms with van der Waals surface area (Å²) in [6.45, 7) is 26.6. The van der Waals surface area contributed by atoms with Crippen molar-refractivity contribution < 1.29 is 33.3 Å². The Morgan fingerprint density at radius 3 is 2.07 bits per heavy atom. The lowest BCUT2D eigenvalue weighted by molar-refractivity contribution is -0.0593. The zero-order valence-electron chi connectivity index (χ0n) is 38.8. The standard InChI is InChI=1S/C48H85N3O7/c1-34(2)17-14-18-35(3)39-21-22-40-38-20-19-36-33-37(23-25-47(36,10)41(38)24-26-48(39,40)11)56-44(54)51(30-15-27-49-42(52)57-45(4,5)6)29-12-13-31-55-32-16-28-50-43(53)58-46(7,8)9/h19,34-35,37-41H,12-18,20-33H2,1-11H3,(H,49,52)(H,50,53)/t35-,37+,38+,39-,40+,41+,47+,48-/m1/s1. The van der Waals surface area contributed by atoms with E-state index >= 15 is 0 Å². The van der Waals surface area contributed by atoms with E-state index in [9.17, 15) is 14.4 Å². The Morgan fingerprint density at radius 1 is 0.776 bits per heavy atom. The zero-order valence-corrected chi connectivity index (χ0v) is 38.8. The van der Waals surface area contributed by atoms with Gasteiger partial charge in [-0.3, -0.25) is 0 Å². The molecule has 0 spiro atoms. The minimum absolute atomic E-state index is 0.111. The number of unbranched alkanes of at least 4 members (excludes halogenated alkanes) is 1. The number of rotatable bonds is 19. The van der Waals surface area contributed by atoms with Gasteiger partial charge in [-0.15, -0.1) is 0 Å². The number of carbonyl (C=O) groups is 3. The normalized spacial score (nSPS) is 28.7. The molecule has 0 aromatic heterocycles. The molecule has 0 unspecified atom stereocenters. The molecule has 3 amide bonds. The molecule has 2 N–H and O–H groups in total. The fourth-order valence-corrected chi connectivity index (χ4v) is 11.3. The molecule has 58 heavy (non-hydrogen) atoms. The van der Waals surface area contributed by atoms with E-state index in [4.69, 9.17) is 18.9 Å². The number of allylic oxidation sites excluding steroid dienone is 1. The summed E-state index contributed by atoms with van der Waals surface area (Å²) in [5.74, 6) is 4.83. The first-order valence-electron chi connectivity index (χ1n) is 23.4. The molecule has 0 heterocycles. The largest absolute Gasteiger partial charge is 0.446 e. The summed E-state index contributed by atoms with van der Waals surface area (Å²) < 4.78 is 22.8. The Morgan fingerprint density at radius 2 is 1.41 bits per heavy atom. The van der Waals surface area contributed by atoms with Crippen LogP contribution in [0.4, 0.5) is 14.4 Å². The predicted molar refractivity (Wildman–Crippen MR) is 233 cm³/mol. The lowest BCUT2D eigenvalue weighted by atomic mass is 9.47. The van der Waals surface area contributed by atoms with Crippen molar-refractivity contribution in [1.29, 1.82) is 0 Å². The zero-order chi connectivity index (χ0) is 42.7. The van der Waals surface area contributed by atoms with Gasteiger partial charge in [0, 0.05) is 45.8 Å². The maximum atomic E-state index is 13.8. The smallest absolute Gasteiger partial charge is 0.410 e. The van der Waals surface area contributed by atoms with Gasteiger partial charge in [0.25, 0.3) is 0 Å². The first kappa shape index (κ1) is 48.2. The first-order chi connectivity index (χ1) is 27.2. The minimum atomic E-state index is -0.566. The third-order valence-electron chi connectivity index (χ3n) is 14.2. The number of fused-ring (bicyclic) bond motifs is 5. The molecule has 8 atom stereocenters. The van der Waals surface area contributed by atoms with E-state index in [1.165, 1.54) is 56.9 Å². The number of alkyl carbamates (subject to hydrolysis) is 2. The monoisotopic (exact) mass is 816 g/mol. The van der Waals surface area contributed by atoms with Crippen LogP contribution in [0.3, 0.4) is 0 Å². The SMILES string of the molecule is CC(C)CCC[C@@H](C)[C@H]1CC[C@H]2[C@@H]3CC=C4C[C@@H](OC(=O)N(CCCCOCCCNC(=O)OC(C)(C)C)CCCNC(=O)OC(C)(C)C)CC[C@]4(C)[C@H]3CC[C@]12C. The summed E-state index contributed by atoms with van der Waals surface area (Å²) >= 11 is 0. The van der Waals surface area contributed by atoms with Crippen LogP contribution in [0.2, 0.25) is 0 Å². The fourth-order valence-electron chi connectivity index (χ4n) is 11.3. The van der Waals surface area contributed by atoms with Crippen molar-refractivity contribution in [3.05, 3.63) is 11.6 Å². The molecule has 4 aliphatic carbocycles. The van der Waals surface area contributed by atoms with Gasteiger partial charge in [-0.05, 0) is 159 Å². The second-order valence-corrected chi connectivity index (χ2v) is 21.4. The van der Waals surface area contributed by atoms with Crippen LogP contribution in [0, 0.1) is 46.3 Å². The van der Waals surface area contributed by atoms with Crippen LogP contribution in [-0.4, -0.2) is 79.9 Å². The van der Waals surface area contributed by atoms with Gasteiger partial charge < -0.3 is 34.5 Å². The summed E-state index contributed by atoms with van der Waals surface area (Å²) in [5.41, 5.74) is 1.12. The van der Waals surface area contributed by atoms with Crippen molar-refractivity contribution in [3.63, 3.8) is 0 Å². The lowest BCUT2D eigenvalue weighted by Crippen LogP contribution is -2.51. The molecule has 4 rings (SSSR count). The van der Waals surface area contributed by atoms with Crippen molar-refractivity contribution in [1.82, 2.24) is 15.5 Å². The maximum Gasteiger partial charge on any atom is 0.410 e. The third-order valence-corrected chi connectivity index (χ3v) is 14.2. The highest BCUT2D eigenvalue weighted by molar-refractivity contribution is 5.68. The molecule has 0 radical (unpaired) electrons. The number of hydrogen-bond acceptors (Lipinski definition) is 7. The van der Waals surface area contributed by atoms with E-state index in [0.29, 0.717) is 57.6 Å². The average Bonchev–Trinajstić information content (AvgIpc) is 3.47. The number of nitrogens with one attached hydrogen (secondary N) is 2. The van der Waals surface area contributed by atoms with Crippen molar-refractivity contribution in [2.24, 2.45) is 46.3 Å². The topological polar surface area (TPSA) is 115 Å². The Hall–Kier alpha value is -2.49. The number of hydrogen-bond donors (Lipinski definition) is 2. The van der Waals surface area contributed by atoms with Crippen LogP contribution < -0.4 is 10.6 Å². The highest BCUT2D eigenvalue weighted by Gasteiger charge is 2.59. The van der Waals surface area contributed by atoms with E-state index in [1.807, 2.05) is 46.4 Å². The molecule has 3 saturated carbocycles. The lowest BCUT2D eigenvalue weighted by Gasteiger charge is -2.58. The van der Waals surface area contributed by atoms with Crippen molar-refractivity contribution in [3.8, 4) is 0 Å².